The summed E-state index contributed by atoms with van der Waals surface area (Å²) in [6.45, 7) is 6.78. The van der Waals surface area contributed by atoms with Gasteiger partial charge in [-0.2, -0.15) is 0 Å². The second-order valence-electron chi connectivity index (χ2n) is 4.86. The monoisotopic (exact) mass is 231 g/mol. The molecular formula is C14H21N3. The van der Waals surface area contributed by atoms with Crippen molar-refractivity contribution < 1.29 is 0 Å². The highest BCUT2D eigenvalue weighted by molar-refractivity contribution is 5.50. The average Bonchev–Trinajstić information content (AvgIpc) is 2.78. The Balaban J connectivity index is 2.10. The highest BCUT2D eigenvalue weighted by Gasteiger charge is 2.08. The van der Waals surface area contributed by atoms with Crippen molar-refractivity contribution in [1.29, 1.82) is 0 Å². The summed E-state index contributed by atoms with van der Waals surface area (Å²) in [6, 6.07) is 6.64. The van der Waals surface area contributed by atoms with E-state index in [0.717, 1.165) is 17.4 Å². The van der Waals surface area contributed by atoms with Gasteiger partial charge >= 0.3 is 0 Å². The number of imidazole rings is 1. The molecule has 0 bridgehead atoms. The highest BCUT2D eigenvalue weighted by atomic mass is 15.1. The van der Waals surface area contributed by atoms with E-state index in [1.165, 1.54) is 12.8 Å². The predicted octanol–water partition coefficient (Wildman–Crippen LogP) is 3.57. The Kier molecular flexibility index (Phi) is 3.67. The molecule has 0 amide bonds. The zero-order valence-corrected chi connectivity index (χ0v) is 10.9. The minimum Gasteiger partial charge on any atom is -0.369 e. The summed E-state index contributed by atoms with van der Waals surface area (Å²) in [6.07, 6.45) is 6.26. The molecule has 2 atom stereocenters. The molecule has 92 valence electrons. The van der Waals surface area contributed by atoms with Crippen LogP contribution in [0.4, 0.5) is 5.82 Å². The zero-order chi connectivity index (χ0) is 12.3. The van der Waals surface area contributed by atoms with Gasteiger partial charge in [-0.15, -0.1) is 0 Å². The molecule has 3 heteroatoms. The minimum absolute atomic E-state index is 0.484. The van der Waals surface area contributed by atoms with Crippen molar-refractivity contribution in [2.24, 2.45) is 5.92 Å². The molecule has 0 aliphatic carbocycles. The van der Waals surface area contributed by atoms with Crippen LogP contribution in [0.5, 0.6) is 0 Å². The maximum Gasteiger partial charge on any atom is 0.138 e. The fourth-order valence-electron chi connectivity index (χ4n) is 2.15. The number of aromatic nitrogens is 2. The molecular weight excluding hydrogens is 210 g/mol. The quantitative estimate of drug-likeness (QED) is 0.852. The number of anilines is 1. The van der Waals surface area contributed by atoms with E-state index in [1.54, 1.807) is 0 Å². The van der Waals surface area contributed by atoms with Gasteiger partial charge in [-0.25, -0.2) is 4.98 Å². The summed E-state index contributed by atoms with van der Waals surface area (Å²) in [4.78, 5) is 4.29. The van der Waals surface area contributed by atoms with Gasteiger partial charge in [-0.05, 0) is 31.4 Å². The van der Waals surface area contributed by atoms with Gasteiger partial charge < -0.3 is 5.32 Å². The maximum atomic E-state index is 4.29. The summed E-state index contributed by atoms with van der Waals surface area (Å²) in [5.41, 5.74) is 0.991. The van der Waals surface area contributed by atoms with E-state index in [1.807, 2.05) is 24.5 Å². The third-order valence-corrected chi connectivity index (χ3v) is 3.28. The molecule has 3 nitrogen and oxygen atoms in total. The van der Waals surface area contributed by atoms with Gasteiger partial charge in [-0.3, -0.25) is 4.40 Å². The smallest absolute Gasteiger partial charge is 0.138 e. The Bertz CT molecular complexity index is 475. The van der Waals surface area contributed by atoms with Crippen LogP contribution in [0.2, 0.25) is 0 Å². The van der Waals surface area contributed by atoms with Gasteiger partial charge in [-0.1, -0.05) is 26.3 Å². The van der Waals surface area contributed by atoms with Crippen LogP contribution < -0.4 is 5.32 Å². The van der Waals surface area contributed by atoms with Crippen LogP contribution in [0, 0.1) is 5.92 Å². The summed E-state index contributed by atoms with van der Waals surface area (Å²) >= 11 is 0. The number of pyridine rings is 1. The number of hydrogen-bond acceptors (Lipinski definition) is 2. The summed E-state index contributed by atoms with van der Waals surface area (Å²) in [5.74, 6) is 1.88. The average molecular weight is 231 g/mol. The Hall–Kier alpha value is -1.51. The fourth-order valence-corrected chi connectivity index (χ4v) is 2.15. The van der Waals surface area contributed by atoms with Gasteiger partial charge in [0.1, 0.15) is 11.5 Å². The number of hydrogen-bond donors (Lipinski definition) is 1. The molecule has 2 aromatic rings. The van der Waals surface area contributed by atoms with E-state index in [4.69, 9.17) is 0 Å². The van der Waals surface area contributed by atoms with E-state index in [9.17, 15) is 0 Å². The van der Waals surface area contributed by atoms with E-state index in [0.29, 0.717) is 6.04 Å². The topological polar surface area (TPSA) is 29.3 Å². The number of nitrogens with one attached hydrogen (secondary N) is 1. The minimum atomic E-state index is 0.484. The van der Waals surface area contributed by atoms with E-state index < -0.39 is 0 Å². The third-order valence-electron chi connectivity index (χ3n) is 3.28. The molecule has 0 saturated carbocycles. The molecule has 0 aliphatic heterocycles. The van der Waals surface area contributed by atoms with Crippen molar-refractivity contribution in [2.45, 2.75) is 39.7 Å². The van der Waals surface area contributed by atoms with E-state index in [2.05, 4.69) is 41.5 Å². The van der Waals surface area contributed by atoms with Crippen LogP contribution in [-0.2, 0) is 0 Å². The Morgan fingerprint density at radius 3 is 2.94 bits per heavy atom. The van der Waals surface area contributed by atoms with Crippen molar-refractivity contribution in [3.63, 3.8) is 0 Å². The fraction of sp³-hybridized carbons (Fsp3) is 0.500. The van der Waals surface area contributed by atoms with Crippen LogP contribution in [0.15, 0.2) is 30.6 Å². The molecule has 2 heterocycles. The molecule has 0 aromatic carbocycles. The Morgan fingerprint density at radius 1 is 1.35 bits per heavy atom. The van der Waals surface area contributed by atoms with Gasteiger partial charge in [0.2, 0.25) is 0 Å². The lowest BCUT2D eigenvalue weighted by Crippen LogP contribution is -2.19. The predicted molar refractivity (Wildman–Crippen MR) is 72.3 cm³/mol. The maximum absolute atomic E-state index is 4.29. The van der Waals surface area contributed by atoms with Crippen molar-refractivity contribution in [2.75, 3.05) is 5.32 Å². The highest BCUT2D eigenvalue weighted by Crippen LogP contribution is 2.16. The zero-order valence-electron chi connectivity index (χ0n) is 10.9. The number of rotatable bonds is 5. The van der Waals surface area contributed by atoms with Gasteiger partial charge in [0.25, 0.3) is 0 Å². The van der Waals surface area contributed by atoms with E-state index in [-0.39, 0.29) is 0 Å². The van der Waals surface area contributed by atoms with Crippen LogP contribution in [0.1, 0.15) is 33.6 Å². The lowest BCUT2D eigenvalue weighted by Gasteiger charge is -2.19. The standard InChI is InChI=1S/C14H21N3/c1-4-11(2)10-12(3)16-14-7-5-6-13-15-8-9-17(13)14/h5-9,11-12,16H,4,10H2,1-3H3. The molecule has 2 unspecified atom stereocenters. The first-order valence-corrected chi connectivity index (χ1v) is 6.39. The van der Waals surface area contributed by atoms with Gasteiger partial charge in [0.15, 0.2) is 0 Å². The molecule has 0 saturated heterocycles. The van der Waals surface area contributed by atoms with Crippen molar-refractivity contribution in [1.82, 2.24) is 9.38 Å². The molecule has 0 radical (unpaired) electrons. The number of fused-ring (bicyclic) bond motifs is 1. The first kappa shape index (κ1) is 12.0. The van der Waals surface area contributed by atoms with Crippen molar-refractivity contribution >= 4 is 11.5 Å². The second kappa shape index (κ2) is 5.21. The van der Waals surface area contributed by atoms with Crippen molar-refractivity contribution in [3.8, 4) is 0 Å². The molecule has 17 heavy (non-hydrogen) atoms. The molecule has 1 N–H and O–H groups in total. The van der Waals surface area contributed by atoms with Gasteiger partial charge in [0.05, 0.1) is 0 Å². The summed E-state index contributed by atoms with van der Waals surface area (Å²) in [7, 11) is 0. The Morgan fingerprint density at radius 2 is 2.18 bits per heavy atom. The molecule has 2 aromatic heterocycles. The molecule has 0 fully saturated rings. The molecule has 0 aliphatic rings. The van der Waals surface area contributed by atoms with Crippen LogP contribution in [0.3, 0.4) is 0 Å². The normalized spacial score (nSPS) is 14.8. The molecule has 0 spiro atoms. The summed E-state index contributed by atoms with van der Waals surface area (Å²) < 4.78 is 2.09. The second-order valence-corrected chi connectivity index (χ2v) is 4.86. The SMILES string of the molecule is CCC(C)CC(C)Nc1cccc2nccn12. The van der Waals surface area contributed by atoms with E-state index >= 15 is 0 Å². The van der Waals surface area contributed by atoms with Crippen molar-refractivity contribution in [3.05, 3.63) is 30.6 Å². The summed E-state index contributed by atoms with van der Waals surface area (Å²) in [5, 5.41) is 3.56. The Labute approximate surface area is 103 Å². The lowest BCUT2D eigenvalue weighted by molar-refractivity contribution is 0.483. The van der Waals surface area contributed by atoms with Crippen LogP contribution in [-0.4, -0.2) is 15.4 Å². The number of nitrogens with zero attached hydrogens (tertiary/aromatic N) is 2. The first-order chi connectivity index (χ1) is 8.20. The lowest BCUT2D eigenvalue weighted by atomic mass is 10.0. The first-order valence-electron chi connectivity index (χ1n) is 6.39. The van der Waals surface area contributed by atoms with Crippen LogP contribution >= 0.6 is 0 Å². The molecule has 2 rings (SSSR count). The van der Waals surface area contributed by atoms with Gasteiger partial charge in [0, 0.05) is 18.4 Å². The van der Waals surface area contributed by atoms with Crippen LogP contribution in [0.25, 0.3) is 5.65 Å². The third kappa shape index (κ3) is 2.78. The largest absolute Gasteiger partial charge is 0.369 e.